The fourth-order valence-electron chi connectivity index (χ4n) is 2.50. The number of fused-ring (bicyclic) bond motifs is 1. The average Bonchev–Trinajstić information content (AvgIpc) is 2.53. The van der Waals surface area contributed by atoms with Crippen molar-refractivity contribution in [1.82, 2.24) is 0 Å². The lowest BCUT2D eigenvalue weighted by Crippen LogP contribution is -2.36. The summed E-state index contributed by atoms with van der Waals surface area (Å²) >= 11 is 11.9. The van der Waals surface area contributed by atoms with E-state index in [0.717, 1.165) is 0 Å². The molecule has 2 aromatic rings. The van der Waals surface area contributed by atoms with E-state index >= 15 is 0 Å². The molecule has 5 nitrogen and oxygen atoms in total. The molecule has 0 atom stereocenters. The number of carbonyl (C=O) groups excluding carboxylic acids is 2. The number of halogens is 2. The van der Waals surface area contributed by atoms with Crippen LogP contribution in [0.15, 0.2) is 36.4 Å². The second kappa shape index (κ2) is 6.71. The molecule has 0 aliphatic carbocycles. The van der Waals surface area contributed by atoms with Gasteiger partial charge in [0.15, 0.2) is 0 Å². The van der Waals surface area contributed by atoms with Crippen LogP contribution in [0, 0.1) is 0 Å². The van der Waals surface area contributed by atoms with Crippen LogP contribution in [-0.2, 0) is 4.79 Å². The number of amides is 2. The number of nitrogens with zero attached hydrogens (tertiary/aromatic N) is 1. The van der Waals surface area contributed by atoms with Crippen LogP contribution in [0.25, 0.3) is 0 Å². The smallest absolute Gasteiger partial charge is 0.257 e. The van der Waals surface area contributed by atoms with Gasteiger partial charge in [-0.25, -0.2) is 0 Å². The summed E-state index contributed by atoms with van der Waals surface area (Å²) in [6.07, 6.45) is 0. The second-order valence-electron chi connectivity index (χ2n) is 5.28. The second-order valence-corrected chi connectivity index (χ2v) is 6.12. The van der Waals surface area contributed by atoms with E-state index in [1.54, 1.807) is 35.2 Å². The van der Waals surface area contributed by atoms with Crippen molar-refractivity contribution >= 4 is 46.4 Å². The molecule has 0 unspecified atom stereocenters. The molecule has 0 radical (unpaired) electrons. The highest BCUT2D eigenvalue weighted by Crippen LogP contribution is 2.34. The zero-order valence-electron chi connectivity index (χ0n) is 12.8. The predicted octanol–water partition coefficient (Wildman–Crippen LogP) is 3.99. The summed E-state index contributed by atoms with van der Waals surface area (Å²) in [6.45, 7) is 2.43. The zero-order valence-corrected chi connectivity index (χ0v) is 14.3. The minimum atomic E-state index is -0.351. The van der Waals surface area contributed by atoms with E-state index in [-0.39, 0.29) is 16.8 Å². The molecule has 0 fully saturated rings. The molecule has 0 spiro atoms. The molecule has 1 heterocycles. The van der Waals surface area contributed by atoms with Gasteiger partial charge in [-0.15, -0.1) is 0 Å². The van der Waals surface area contributed by atoms with Crippen molar-refractivity contribution in [3.63, 3.8) is 0 Å². The summed E-state index contributed by atoms with van der Waals surface area (Å²) in [6, 6.07) is 9.82. The van der Waals surface area contributed by atoms with Crippen molar-refractivity contribution in [3.05, 3.63) is 52.0 Å². The Bertz CT molecular complexity index is 823. The predicted molar refractivity (Wildman–Crippen MR) is 94.4 cm³/mol. The Morgan fingerprint density at radius 1 is 1.17 bits per heavy atom. The molecule has 0 saturated heterocycles. The number of hydrogen-bond donors (Lipinski definition) is 1. The van der Waals surface area contributed by atoms with E-state index < -0.39 is 0 Å². The third-order valence-electron chi connectivity index (χ3n) is 3.64. The van der Waals surface area contributed by atoms with Crippen molar-refractivity contribution in [2.75, 3.05) is 23.4 Å². The van der Waals surface area contributed by atoms with E-state index in [1.807, 2.05) is 0 Å². The Morgan fingerprint density at radius 3 is 2.67 bits per heavy atom. The van der Waals surface area contributed by atoms with Gasteiger partial charge in [0, 0.05) is 23.7 Å². The lowest BCUT2D eigenvalue weighted by atomic mass is 10.2. The van der Waals surface area contributed by atoms with E-state index in [0.29, 0.717) is 40.9 Å². The topological polar surface area (TPSA) is 58.6 Å². The minimum Gasteiger partial charge on any atom is -0.489 e. The van der Waals surface area contributed by atoms with Crippen LogP contribution in [0.5, 0.6) is 5.75 Å². The van der Waals surface area contributed by atoms with Gasteiger partial charge in [-0.3, -0.25) is 9.59 Å². The highest BCUT2D eigenvalue weighted by atomic mass is 35.5. The van der Waals surface area contributed by atoms with Gasteiger partial charge in [-0.1, -0.05) is 23.2 Å². The standard InChI is InChI=1S/C17H14Cl2N2O3/c1-10(22)21-6-7-24-16-9-12(3-5-15(16)21)20-17(23)13-4-2-11(18)8-14(13)19/h2-5,8-9H,6-7H2,1H3,(H,20,23). The molecule has 3 rings (SSSR count). The fourth-order valence-corrected chi connectivity index (χ4v) is 2.99. The molecule has 2 aromatic carbocycles. The number of hydrogen-bond acceptors (Lipinski definition) is 3. The van der Waals surface area contributed by atoms with Gasteiger partial charge in [0.25, 0.3) is 5.91 Å². The summed E-state index contributed by atoms with van der Waals surface area (Å²) in [5.41, 5.74) is 1.57. The van der Waals surface area contributed by atoms with Gasteiger partial charge in [0.05, 0.1) is 22.8 Å². The maximum Gasteiger partial charge on any atom is 0.257 e. The number of nitrogens with one attached hydrogen (secondary N) is 1. The Morgan fingerprint density at radius 2 is 1.96 bits per heavy atom. The van der Waals surface area contributed by atoms with Crippen molar-refractivity contribution in [1.29, 1.82) is 0 Å². The average molecular weight is 365 g/mol. The van der Waals surface area contributed by atoms with Gasteiger partial charge in [0.1, 0.15) is 12.4 Å². The lowest BCUT2D eigenvalue weighted by molar-refractivity contribution is -0.116. The third-order valence-corrected chi connectivity index (χ3v) is 4.18. The summed E-state index contributed by atoms with van der Waals surface area (Å²) < 4.78 is 5.58. The van der Waals surface area contributed by atoms with E-state index in [9.17, 15) is 9.59 Å². The molecule has 1 aliphatic rings. The van der Waals surface area contributed by atoms with Crippen LogP contribution in [0.1, 0.15) is 17.3 Å². The Labute approximate surface area is 149 Å². The molecule has 124 valence electrons. The van der Waals surface area contributed by atoms with E-state index in [4.69, 9.17) is 27.9 Å². The van der Waals surface area contributed by atoms with Crippen LogP contribution in [0.3, 0.4) is 0 Å². The first-order valence-corrected chi connectivity index (χ1v) is 8.02. The lowest BCUT2D eigenvalue weighted by Gasteiger charge is -2.29. The van der Waals surface area contributed by atoms with Crippen molar-refractivity contribution in [2.24, 2.45) is 0 Å². The van der Waals surface area contributed by atoms with Crippen LogP contribution in [0.2, 0.25) is 10.0 Å². The molecule has 0 aromatic heterocycles. The van der Waals surface area contributed by atoms with Crippen molar-refractivity contribution < 1.29 is 14.3 Å². The Kier molecular flexibility index (Phi) is 4.64. The van der Waals surface area contributed by atoms with Gasteiger partial charge < -0.3 is 15.0 Å². The first-order chi connectivity index (χ1) is 11.5. The molecular formula is C17H14Cl2N2O3. The van der Waals surface area contributed by atoms with Gasteiger partial charge in [-0.05, 0) is 30.3 Å². The first-order valence-electron chi connectivity index (χ1n) is 7.27. The number of rotatable bonds is 2. The van der Waals surface area contributed by atoms with Crippen molar-refractivity contribution in [3.8, 4) is 5.75 Å². The molecule has 2 amide bonds. The quantitative estimate of drug-likeness (QED) is 0.876. The number of benzene rings is 2. The normalized spacial score (nSPS) is 13.0. The molecule has 7 heteroatoms. The van der Waals surface area contributed by atoms with Crippen LogP contribution >= 0.6 is 23.2 Å². The molecule has 0 bridgehead atoms. The molecule has 1 aliphatic heterocycles. The fraction of sp³-hybridized carbons (Fsp3) is 0.176. The van der Waals surface area contributed by atoms with Crippen LogP contribution < -0.4 is 15.0 Å². The summed E-state index contributed by atoms with van der Waals surface area (Å²) in [5.74, 6) is 0.150. The Balaban J connectivity index is 1.83. The molecule has 1 N–H and O–H groups in total. The van der Waals surface area contributed by atoms with Crippen LogP contribution in [-0.4, -0.2) is 25.0 Å². The van der Waals surface area contributed by atoms with E-state index in [2.05, 4.69) is 5.32 Å². The largest absolute Gasteiger partial charge is 0.489 e. The number of anilines is 2. The first kappa shape index (κ1) is 16.6. The van der Waals surface area contributed by atoms with Crippen LogP contribution in [0.4, 0.5) is 11.4 Å². The summed E-state index contributed by atoms with van der Waals surface area (Å²) in [7, 11) is 0. The highest BCUT2D eigenvalue weighted by molar-refractivity contribution is 6.37. The van der Waals surface area contributed by atoms with E-state index in [1.165, 1.54) is 13.0 Å². The summed E-state index contributed by atoms with van der Waals surface area (Å²) in [4.78, 5) is 25.6. The van der Waals surface area contributed by atoms with Crippen molar-refractivity contribution in [2.45, 2.75) is 6.92 Å². The van der Waals surface area contributed by atoms with Gasteiger partial charge >= 0.3 is 0 Å². The maximum absolute atomic E-state index is 12.3. The Hall–Kier alpha value is -2.24. The number of ether oxygens (including phenoxy) is 1. The monoisotopic (exact) mass is 364 g/mol. The summed E-state index contributed by atoms with van der Waals surface area (Å²) in [5, 5.41) is 3.50. The maximum atomic E-state index is 12.3. The number of carbonyl (C=O) groups is 2. The highest BCUT2D eigenvalue weighted by Gasteiger charge is 2.21. The zero-order chi connectivity index (χ0) is 17.3. The minimum absolute atomic E-state index is 0.0516. The molecular weight excluding hydrogens is 351 g/mol. The molecule has 24 heavy (non-hydrogen) atoms. The van der Waals surface area contributed by atoms with Gasteiger partial charge in [-0.2, -0.15) is 0 Å². The van der Waals surface area contributed by atoms with Gasteiger partial charge in [0.2, 0.25) is 5.91 Å². The molecule has 0 saturated carbocycles. The SMILES string of the molecule is CC(=O)N1CCOc2cc(NC(=O)c3ccc(Cl)cc3Cl)ccc21. The third kappa shape index (κ3) is 3.32.